The number of nitrogens with zero attached hydrogens (tertiary/aromatic N) is 2. The van der Waals surface area contributed by atoms with Crippen molar-refractivity contribution >= 4 is 17.3 Å². The van der Waals surface area contributed by atoms with E-state index in [4.69, 9.17) is 4.98 Å². The summed E-state index contributed by atoms with van der Waals surface area (Å²) in [6, 6.07) is 19.7. The number of benzene rings is 2. The van der Waals surface area contributed by atoms with Crippen LogP contribution in [0.25, 0.3) is 0 Å². The molecule has 2 aromatic carbocycles. The second-order valence-corrected chi connectivity index (χ2v) is 7.16. The summed E-state index contributed by atoms with van der Waals surface area (Å²) in [7, 11) is 0. The molecule has 0 saturated carbocycles. The minimum Gasteiger partial charge on any atom is -0.355 e. The van der Waals surface area contributed by atoms with Gasteiger partial charge >= 0.3 is 0 Å². The lowest BCUT2D eigenvalue weighted by molar-refractivity contribution is 0.0790. The van der Waals surface area contributed by atoms with Crippen LogP contribution in [-0.4, -0.2) is 28.9 Å². The van der Waals surface area contributed by atoms with Crippen LogP contribution in [0.4, 0.5) is 15.8 Å². The van der Waals surface area contributed by atoms with Crippen molar-refractivity contribution in [2.75, 3.05) is 18.4 Å². The van der Waals surface area contributed by atoms with Crippen LogP contribution in [0.2, 0.25) is 0 Å². The number of halogens is 1. The molecular formula is C23H22FN3O. The molecule has 3 aromatic rings. The maximum atomic E-state index is 13.1. The van der Waals surface area contributed by atoms with E-state index in [0.717, 1.165) is 41.3 Å². The van der Waals surface area contributed by atoms with Crippen LogP contribution in [0, 0.1) is 12.7 Å². The molecule has 4 rings (SSSR count). The topological polar surface area (TPSA) is 45.2 Å². The molecule has 142 valence electrons. The Balaban J connectivity index is 1.49. The van der Waals surface area contributed by atoms with E-state index < -0.39 is 0 Å². The molecule has 1 saturated heterocycles. The number of pyridine rings is 1. The normalized spacial score (nSPS) is 16.2. The van der Waals surface area contributed by atoms with Crippen molar-refractivity contribution in [1.29, 1.82) is 0 Å². The van der Waals surface area contributed by atoms with Crippen LogP contribution in [-0.2, 0) is 0 Å². The van der Waals surface area contributed by atoms with Gasteiger partial charge in [0.1, 0.15) is 5.82 Å². The van der Waals surface area contributed by atoms with Crippen molar-refractivity contribution in [1.82, 2.24) is 9.88 Å². The summed E-state index contributed by atoms with van der Waals surface area (Å²) in [6.45, 7) is 3.36. The third-order valence-corrected chi connectivity index (χ3v) is 5.02. The maximum Gasteiger partial charge on any atom is 0.253 e. The van der Waals surface area contributed by atoms with Gasteiger partial charge in [0.2, 0.25) is 0 Å². The number of hydrogen-bond acceptors (Lipinski definition) is 3. The third kappa shape index (κ3) is 4.03. The van der Waals surface area contributed by atoms with Crippen molar-refractivity contribution in [2.24, 2.45) is 0 Å². The van der Waals surface area contributed by atoms with Crippen LogP contribution >= 0.6 is 0 Å². The lowest BCUT2D eigenvalue weighted by Crippen LogP contribution is -2.28. The number of aromatic nitrogens is 1. The van der Waals surface area contributed by atoms with Crippen molar-refractivity contribution < 1.29 is 9.18 Å². The number of likely N-dealkylation sites (tertiary alicyclic amines) is 1. The molecule has 1 atom stereocenters. The highest BCUT2D eigenvalue weighted by molar-refractivity contribution is 5.94. The first-order valence-electron chi connectivity index (χ1n) is 9.44. The summed E-state index contributed by atoms with van der Waals surface area (Å²) >= 11 is 0. The molecule has 2 heterocycles. The summed E-state index contributed by atoms with van der Waals surface area (Å²) in [6.07, 6.45) is 0.894. The van der Waals surface area contributed by atoms with Gasteiger partial charge in [0.05, 0.1) is 0 Å². The molecule has 1 fully saturated rings. The highest BCUT2D eigenvalue weighted by atomic mass is 19.1. The molecule has 0 radical (unpaired) electrons. The summed E-state index contributed by atoms with van der Waals surface area (Å²) < 4.78 is 13.1. The number of rotatable bonds is 4. The minimum absolute atomic E-state index is 0.0698. The van der Waals surface area contributed by atoms with E-state index in [1.807, 2.05) is 54.3 Å². The lowest BCUT2D eigenvalue weighted by atomic mass is 10.0. The monoisotopic (exact) mass is 375 g/mol. The number of nitrogens with one attached hydrogen (secondary N) is 1. The standard InChI is InChI=1S/C23H22FN3O/c1-16-13-21(26-20-9-7-19(24)8-10-20)14-22(25-16)18-11-12-27(15-18)23(28)17-5-3-2-4-6-17/h2-10,13-14,18H,11-12,15H2,1H3,(H,25,26)/t18-/m0/s1. The molecule has 28 heavy (non-hydrogen) atoms. The number of amides is 1. The quantitative estimate of drug-likeness (QED) is 0.705. The van der Waals surface area contributed by atoms with E-state index in [1.165, 1.54) is 12.1 Å². The fraction of sp³-hybridized carbons (Fsp3) is 0.217. The van der Waals surface area contributed by atoms with Gasteiger partial charge in [-0.3, -0.25) is 9.78 Å². The zero-order chi connectivity index (χ0) is 19.5. The van der Waals surface area contributed by atoms with Crippen molar-refractivity contribution in [3.05, 3.63) is 89.5 Å². The number of hydrogen-bond donors (Lipinski definition) is 1. The van der Waals surface area contributed by atoms with Gasteiger partial charge in [0.25, 0.3) is 5.91 Å². The zero-order valence-electron chi connectivity index (χ0n) is 15.7. The van der Waals surface area contributed by atoms with Gasteiger partial charge in [-0.15, -0.1) is 0 Å². The molecular weight excluding hydrogens is 353 g/mol. The first-order valence-corrected chi connectivity index (χ1v) is 9.44. The molecule has 4 nitrogen and oxygen atoms in total. The Morgan fingerprint density at radius 3 is 2.57 bits per heavy atom. The van der Waals surface area contributed by atoms with Gasteiger partial charge < -0.3 is 10.2 Å². The van der Waals surface area contributed by atoms with E-state index in [0.29, 0.717) is 6.54 Å². The third-order valence-electron chi connectivity index (χ3n) is 5.02. The molecule has 0 unspecified atom stereocenters. The molecule has 0 bridgehead atoms. The van der Waals surface area contributed by atoms with E-state index in [2.05, 4.69) is 5.32 Å². The van der Waals surface area contributed by atoms with Gasteiger partial charge in [-0.25, -0.2) is 4.39 Å². The molecule has 1 N–H and O–H groups in total. The highest BCUT2D eigenvalue weighted by Gasteiger charge is 2.29. The van der Waals surface area contributed by atoms with Gasteiger partial charge in [-0.05, 0) is 61.9 Å². The molecule has 1 amide bonds. The second kappa shape index (κ2) is 7.80. The van der Waals surface area contributed by atoms with Crippen LogP contribution < -0.4 is 5.32 Å². The predicted octanol–water partition coefficient (Wildman–Crippen LogP) is 4.90. The fourth-order valence-electron chi connectivity index (χ4n) is 3.62. The Bertz CT molecular complexity index is 973. The SMILES string of the molecule is Cc1cc(Nc2ccc(F)cc2)cc([C@H]2CCN(C(=O)c3ccccc3)C2)n1. The Kier molecular flexibility index (Phi) is 5.06. The Morgan fingerprint density at radius 2 is 1.82 bits per heavy atom. The largest absolute Gasteiger partial charge is 0.355 e. The van der Waals surface area contributed by atoms with Crippen molar-refractivity contribution in [2.45, 2.75) is 19.3 Å². The molecule has 1 aromatic heterocycles. The summed E-state index contributed by atoms with van der Waals surface area (Å²) in [5.41, 5.74) is 4.36. The van der Waals surface area contributed by atoms with E-state index in [9.17, 15) is 9.18 Å². The first kappa shape index (κ1) is 18.2. The minimum atomic E-state index is -0.258. The first-order chi connectivity index (χ1) is 13.6. The van der Waals surface area contributed by atoms with E-state index in [-0.39, 0.29) is 17.6 Å². The van der Waals surface area contributed by atoms with E-state index >= 15 is 0 Å². The molecule has 5 heteroatoms. The zero-order valence-corrected chi connectivity index (χ0v) is 15.7. The molecule has 0 spiro atoms. The van der Waals surface area contributed by atoms with Crippen molar-refractivity contribution in [3.8, 4) is 0 Å². The van der Waals surface area contributed by atoms with Crippen molar-refractivity contribution in [3.63, 3.8) is 0 Å². The molecule has 0 aliphatic carbocycles. The van der Waals surface area contributed by atoms with Crippen LogP contribution in [0.3, 0.4) is 0 Å². The van der Waals surface area contributed by atoms with Crippen LogP contribution in [0.15, 0.2) is 66.7 Å². The Morgan fingerprint density at radius 1 is 1.07 bits per heavy atom. The van der Waals surface area contributed by atoms with Crippen LogP contribution in [0.1, 0.15) is 34.1 Å². The second-order valence-electron chi connectivity index (χ2n) is 7.16. The number of carbonyl (C=O) groups excluding carboxylic acids is 1. The fourth-order valence-corrected chi connectivity index (χ4v) is 3.62. The lowest BCUT2D eigenvalue weighted by Gasteiger charge is -2.17. The van der Waals surface area contributed by atoms with Gasteiger partial charge in [0, 0.05) is 47.3 Å². The van der Waals surface area contributed by atoms with Gasteiger partial charge in [-0.1, -0.05) is 18.2 Å². The average Bonchev–Trinajstić information content (AvgIpc) is 3.20. The smallest absolute Gasteiger partial charge is 0.253 e. The van der Waals surface area contributed by atoms with Gasteiger partial charge in [-0.2, -0.15) is 0 Å². The van der Waals surface area contributed by atoms with Crippen LogP contribution in [0.5, 0.6) is 0 Å². The Hall–Kier alpha value is -3.21. The summed E-state index contributed by atoms with van der Waals surface area (Å²) in [5.74, 6) is 0.0213. The average molecular weight is 375 g/mol. The maximum absolute atomic E-state index is 13.1. The Labute approximate surface area is 164 Å². The van der Waals surface area contributed by atoms with E-state index in [1.54, 1.807) is 12.1 Å². The number of anilines is 2. The molecule has 1 aliphatic heterocycles. The number of aryl methyl sites for hydroxylation is 1. The van der Waals surface area contributed by atoms with Gasteiger partial charge in [0.15, 0.2) is 0 Å². The predicted molar refractivity (Wildman–Crippen MR) is 108 cm³/mol. The summed E-state index contributed by atoms with van der Waals surface area (Å²) in [5, 5.41) is 3.31. The number of carbonyl (C=O) groups is 1. The molecule has 1 aliphatic rings. The highest BCUT2D eigenvalue weighted by Crippen LogP contribution is 2.29. The summed E-state index contributed by atoms with van der Waals surface area (Å²) in [4.78, 5) is 19.3.